The van der Waals surface area contributed by atoms with Crippen molar-refractivity contribution >= 4 is 27.7 Å². The van der Waals surface area contributed by atoms with Gasteiger partial charge in [0, 0.05) is 9.37 Å². The van der Waals surface area contributed by atoms with Gasteiger partial charge in [0.25, 0.3) is 0 Å². The standard InChI is InChI=1S/C14H11BrF2OS/c1-8(18)9-2-5-13(11(15)6-9)19-14-7-10(16)3-4-12(14)17/h2-8,18H,1H3/t8-/m0/s1. The van der Waals surface area contributed by atoms with Crippen LogP contribution in [0.15, 0.2) is 50.7 Å². The van der Waals surface area contributed by atoms with Crippen LogP contribution in [0.2, 0.25) is 0 Å². The van der Waals surface area contributed by atoms with Crippen LogP contribution < -0.4 is 0 Å². The lowest BCUT2D eigenvalue weighted by atomic mass is 10.1. The van der Waals surface area contributed by atoms with Crippen LogP contribution in [0.3, 0.4) is 0 Å². The maximum atomic E-state index is 13.6. The first-order chi connectivity index (χ1) is 8.97. The first kappa shape index (κ1) is 14.5. The molecule has 2 aromatic carbocycles. The summed E-state index contributed by atoms with van der Waals surface area (Å²) in [6, 6.07) is 8.65. The smallest absolute Gasteiger partial charge is 0.137 e. The molecule has 0 aromatic heterocycles. The lowest BCUT2D eigenvalue weighted by Gasteiger charge is -2.09. The topological polar surface area (TPSA) is 20.2 Å². The molecule has 1 atom stereocenters. The van der Waals surface area contributed by atoms with E-state index in [1.807, 2.05) is 0 Å². The zero-order valence-corrected chi connectivity index (χ0v) is 12.4. The maximum absolute atomic E-state index is 13.6. The number of rotatable bonds is 3. The number of benzene rings is 2. The van der Waals surface area contributed by atoms with Crippen molar-refractivity contribution in [3.8, 4) is 0 Å². The molecule has 1 nitrogen and oxygen atoms in total. The minimum atomic E-state index is -0.568. The van der Waals surface area contributed by atoms with Crippen LogP contribution >= 0.6 is 27.7 Å². The Morgan fingerprint density at radius 1 is 1.11 bits per heavy atom. The highest BCUT2D eigenvalue weighted by Gasteiger charge is 2.10. The van der Waals surface area contributed by atoms with Crippen molar-refractivity contribution in [3.05, 3.63) is 58.1 Å². The summed E-state index contributed by atoms with van der Waals surface area (Å²) in [5.74, 6) is -0.932. The van der Waals surface area contributed by atoms with Crippen molar-refractivity contribution in [3.63, 3.8) is 0 Å². The van der Waals surface area contributed by atoms with Crippen LogP contribution in [0, 0.1) is 11.6 Å². The average molecular weight is 345 g/mol. The molecule has 0 spiro atoms. The summed E-state index contributed by atoms with van der Waals surface area (Å²) in [7, 11) is 0. The van der Waals surface area contributed by atoms with E-state index in [1.54, 1.807) is 25.1 Å². The Morgan fingerprint density at radius 2 is 1.84 bits per heavy atom. The lowest BCUT2D eigenvalue weighted by Crippen LogP contribution is -1.91. The molecule has 19 heavy (non-hydrogen) atoms. The second kappa shape index (κ2) is 6.03. The van der Waals surface area contributed by atoms with E-state index >= 15 is 0 Å². The molecule has 2 aromatic rings. The van der Waals surface area contributed by atoms with Gasteiger partial charge in [0.2, 0.25) is 0 Å². The SMILES string of the molecule is C[C@H](O)c1ccc(Sc2cc(F)ccc2F)c(Br)c1. The molecule has 2 rings (SSSR count). The first-order valence-electron chi connectivity index (χ1n) is 5.58. The van der Waals surface area contributed by atoms with Gasteiger partial charge in [0.05, 0.1) is 11.0 Å². The van der Waals surface area contributed by atoms with Gasteiger partial charge in [-0.2, -0.15) is 0 Å². The molecule has 0 heterocycles. The van der Waals surface area contributed by atoms with Gasteiger partial charge in [0.1, 0.15) is 11.6 Å². The summed E-state index contributed by atoms with van der Waals surface area (Å²) in [5, 5.41) is 9.47. The summed E-state index contributed by atoms with van der Waals surface area (Å²) in [4.78, 5) is 0.986. The fraction of sp³-hybridized carbons (Fsp3) is 0.143. The summed E-state index contributed by atoms with van der Waals surface area (Å²) in [5.41, 5.74) is 0.760. The molecule has 0 aliphatic rings. The van der Waals surface area contributed by atoms with E-state index in [2.05, 4.69) is 15.9 Å². The van der Waals surface area contributed by atoms with Gasteiger partial charge >= 0.3 is 0 Å². The molecular weight excluding hydrogens is 334 g/mol. The molecular formula is C14H11BrF2OS. The average Bonchev–Trinajstić information content (AvgIpc) is 2.36. The molecule has 100 valence electrons. The highest BCUT2D eigenvalue weighted by atomic mass is 79.9. The van der Waals surface area contributed by atoms with Crippen LogP contribution in [0.25, 0.3) is 0 Å². The highest BCUT2D eigenvalue weighted by molar-refractivity contribution is 9.10. The third-order valence-electron chi connectivity index (χ3n) is 2.55. The zero-order chi connectivity index (χ0) is 14.0. The van der Waals surface area contributed by atoms with Gasteiger partial charge in [-0.25, -0.2) is 8.78 Å². The Morgan fingerprint density at radius 3 is 2.47 bits per heavy atom. The van der Waals surface area contributed by atoms with E-state index in [0.29, 0.717) is 0 Å². The molecule has 0 saturated carbocycles. The van der Waals surface area contributed by atoms with Gasteiger partial charge in [0.15, 0.2) is 0 Å². The van der Waals surface area contributed by atoms with Gasteiger partial charge in [-0.15, -0.1) is 0 Å². The summed E-state index contributed by atoms with van der Waals surface area (Å²) >= 11 is 4.50. The van der Waals surface area contributed by atoms with Crippen molar-refractivity contribution in [1.29, 1.82) is 0 Å². The molecule has 0 saturated heterocycles. The predicted octanol–water partition coefficient (Wildman–Crippen LogP) is 4.93. The summed E-state index contributed by atoms with van der Waals surface area (Å²) in [6.45, 7) is 1.67. The highest BCUT2D eigenvalue weighted by Crippen LogP contribution is 2.36. The summed E-state index contributed by atoms with van der Waals surface area (Å²) < 4.78 is 27.4. The van der Waals surface area contributed by atoms with Crippen LogP contribution in [-0.2, 0) is 0 Å². The van der Waals surface area contributed by atoms with E-state index in [0.717, 1.165) is 44.9 Å². The lowest BCUT2D eigenvalue weighted by molar-refractivity contribution is 0.199. The van der Waals surface area contributed by atoms with Crippen LogP contribution in [0.5, 0.6) is 0 Å². The quantitative estimate of drug-likeness (QED) is 0.851. The summed E-state index contributed by atoms with van der Waals surface area (Å²) in [6.07, 6.45) is -0.568. The number of hydrogen-bond donors (Lipinski definition) is 1. The minimum Gasteiger partial charge on any atom is -0.389 e. The van der Waals surface area contributed by atoms with Gasteiger partial charge in [-0.05, 0) is 58.7 Å². The van der Waals surface area contributed by atoms with Crippen LogP contribution in [0.4, 0.5) is 8.78 Å². The molecule has 0 unspecified atom stereocenters. The van der Waals surface area contributed by atoms with Crippen LogP contribution in [-0.4, -0.2) is 5.11 Å². The Kier molecular flexibility index (Phi) is 4.60. The molecule has 5 heteroatoms. The van der Waals surface area contributed by atoms with E-state index in [4.69, 9.17) is 0 Å². The van der Waals surface area contributed by atoms with Crippen molar-refractivity contribution in [2.75, 3.05) is 0 Å². The van der Waals surface area contributed by atoms with Gasteiger partial charge in [-0.1, -0.05) is 17.8 Å². The first-order valence-corrected chi connectivity index (χ1v) is 7.18. The Hall–Kier alpha value is -0.910. The van der Waals surface area contributed by atoms with E-state index in [9.17, 15) is 13.9 Å². The number of hydrogen-bond acceptors (Lipinski definition) is 2. The normalized spacial score (nSPS) is 12.5. The Labute approximate surface area is 122 Å². The Balaban J connectivity index is 2.31. The molecule has 0 bridgehead atoms. The number of halogens is 3. The van der Waals surface area contributed by atoms with E-state index in [1.165, 1.54) is 0 Å². The molecule has 0 radical (unpaired) electrons. The molecule has 0 aliphatic heterocycles. The number of aliphatic hydroxyl groups is 1. The van der Waals surface area contributed by atoms with E-state index in [-0.39, 0.29) is 4.90 Å². The second-order valence-corrected chi connectivity index (χ2v) is 5.98. The molecule has 0 fully saturated rings. The molecule has 1 N–H and O–H groups in total. The third kappa shape index (κ3) is 3.55. The van der Waals surface area contributed by atoms with Gasteiger partial charge < -0.3 is 5.11 Å². The van der Waals surface area contributed by atoms with Crippen molar-refractivity contribution in [1.82, 2.24) is 0 Å². The molecule has 0 aliphatic carbocycles. The fourth-order valence-electron chi connectivity index (χ4n) is 1.53. The molecule has 0 amide bonds. The van der Waals surface area contributed by atoms with Crippen LogP contribution in [0.1, 0.15) is 18.6 Å². The minimum absolute atomic E-state index is 0.227. The zero-order valence-electron chi connectivity index (χ0n) is 10.0. The Bertz CT molecular complexity index is 602. The fourth-order valence-corrected chi connectivity index (χ4v) is 3.04. The van der Waals surface area contributed by atoms with Crippen molar-refractivity contribution in [2.24, 2.45) is 0 Å². The largest absolute Gasteiger partial charge is 0.389 e. The maximum Gasteiger partial charge on any atom is 0.137 e. The van der Waals surface area contributed by atoms with E-state index < -0.39 is 17.7 Å². The second-order valence-electron chi connectivity index (χ2n) is 4.04. The number of aliphatic hydroxyl groups excluding tert-OH is 1. The monoisotopic (exact) mass is 344 g/mol. The van der Waals surface area contributed by atoms with Crippen molar-refractivity contribution in [2.45, 2.75) is 22.8 Å². The predicted molar refractivity (Wildman–Crippen MR) is 75.3 cm³/mol. The van der Waals surface area contributed by atoms with Crippen molar-refractivity contribution < 1.29 is 13.9 Å². The third-order valence-corrected chi connectivity index (χ3v) is 4.58. The van der Waals surface area contributed by atoms with Gasteiger partial charge in [-0.3, -0.25) is 0 Å².